The Bertz CT molecular complexity index is 405. The van der Waals surface area contributed by atoms with Crippen LogP contribution in [0, 0.1) is 0 Å². The fourth-order valence-corrected chi connectivity index (χ4v) is 2.22. The maximum absolute atomic E-state index is 10.7. The highest BCUT2D eigenvalue weighted by Crippen LogP contribution is 2.46. The van der Waals surface area contributed by atoms with Gasteiger partial charge in [0, 0.05) is 11.3 Å². The minimum absolute atomic E-state index is 0.0824. The first kappa shape index (κ1) is 11.3. The molecule has 0 atom stereocenters. The van der Waals surface area contributed by atoms with Gasteiger partial charge >= 0.3 is 5.97 Å². The number of nitrogens with zero attached hydrogens (tertiary/aromatic N) is 1. The molecule has 0 radical (unpaired) electrons. The van der Waals surface area contributed by atoms with Gasteiger partial charge in [-0.3, -0.25) is 0 Å². The Morgan fingerprint density at radius 2 is 2.38 bits per heavy atom. The Balaban J connectivity index is 1.99. The SMILES string of the molecule is CSC1(CNc2cccc(C(=O)O)n2)CC1. The van der Waals surface area contributed by atoms with E-state index in [0.717, 1.165) is 6.54 Å². The summed E-state index contributed by atoms with van der Waals surface area (Å²) in [6, 6.07) is 5.00. The fourth-order valence-electron chi connectivity index (χ4n) is 1.50. The maximum Gasteiger partial charge on any atom is 0.354 e. The van der Waals surface area contributed by atoms with Gasteiger partial charge in [0.05, 0.1) is 0 Å². The zero-order valence-electron chi connectivity index (χ0n) is 9.06. The van der Waals surface area contributed by atoms with Gasteiger partial charge < -0.3 is 10.4 Å². The Kier molecular flexibility index (Phi) is 3.05. The minimum atomic E-state index is -0.991. The largest absolute Gasteiger partial charge is 0.477 e. The molecule has 16 heavy (non-hydrogen) atoms. The number of rotatable bonds is 5. The van der Waals surface area contributed by atoms with Gasteiger partial charge in [-0.1, -0.05) is 6.07 Å². The summed E-state index contributed by atoms with van der Waals surface area (Å²) in [5, 5.41) is 12.0. The maximum atomic E-state index is 10.7. The lowest BCUT2D eigenvalue weighted by Crippen LogP contribution is -2.18. The molecule has 4 nitrogen and oxygen atoms in total. The van der Waals surface area contributed by atoms with Gasteiger partial charge in [0.15, 0.2) is 5.69 Å². The summed E-state index contributed by atoms with van der Waals surface area (Å²) in [6.07, 6.45) is 4.55. The number of aromatic carboxylic acids is 1. The average Bonchev–Trinajstić information content (AvgIpc) is 3.07. The van der Waals surface area contributed by atoms with Gasteiger partial charge in [-0.2, -0.15) is 11.8 Å². The molecule has 2 rings (SSSR count). The van der Waals surface area contributed by atoms with Crippen LogP contribution in [0.25, 0.3) is 0 Å². The van der Waals surface area contributed by atoms with Crippen LogP contribution < -0.4 is 5.32 Å². The molecule has 1 aliphatic rings. The van der Waals surface area contributed by atoms with E-state index in [9.17, 15) is 4.79 Å². The van der Waals surface area contributed by atoms with Crippen molar-refractivity contribution >= 4 is 23.5 Å². The molecular weight excluding hydrogens is 224 g/mol. The number of carboxylic acid groups (broad SMARTS) is 1. The smallest absolute Gasteiger partial charge is 0.354 e. The number of hydrogen-bond acceptors (Lipinski definition) is 4. The Hall–Kier alpha value is -1.23. The Morgan fingerprint density at radius 3 is 2.94 bits per heavy atom. The fraction of sp³-hybridized carbons (Fsp3) is 0.455. The molecule has 1 fully saturated rings. The zero-order valence-corrected chi connectivity index (χ0v) is 9.88. The van der Waals surface area contributed by atoms with Crippen LogP contribution in [0.1, 0.15) is 23.3 Å². The first-order chi connectivity index (χ1) is 7.65. The van der Waals surface area contributed by atoms with E-state index in [1.165, 1.54) is 18.9 Å². The highest BCUT2D eigenvalue weighted by atomic mass is 32.2. The number of anilines is 1. The third kappa shape index (κ3) is 2.47. The highest BCUT2D eigenvalue weighted by Gasteiger charge is 2.41. The van der Waals surface area contributed by atoms with Gasteiger partial charge in [0.2, 0.25) is 0 Å². The molecule has 1 aromatic heterocycles. The highest BCUT2D eigenvalue weighted by molar-refractivity contribution is 8.00. The van der Waals surface area contributed by atoms with E-state index in [1.807, 2.05) is 11.8 Å². The number of aromatic nitrogens is 1. The zero-order chi connectivity index (χ0) is 11.6. The molecule has 2 N–H and O–H groups in total. The van der Waals surface area contributed by atoms with E-state index in [1.54, 1.807) is 12.1 Å². The van der Waals surface area contributed by atoms with Crippen LogP contribution >= 0.6 is 11.8 Å². The molecule has 0 aliphatic heterocycles. The lowest BCUT2D eigenvalue weighted by atomic mass is 10.3. The summed E-state index contributed by atoms with van der Waals surface area (Å²) in [4.78, 5) is 14.7. The molecule has 1 saturated carbocycles. The van der Waals surface area contributed by atoms with Crippen molar-refractivity contribution in [2.75, 3.05) is 18.1 Å². The molecule has 0 amide bonds. The first-order valence-electron chi connectivity index (χ1n) is 5.15. The van der Waals surface area contributed by atoms with E-state index in [4.69, 9.17) is 5.11 Å². The monoisotopic (exact) mass is 238 g/mol. The number of nitrogens with one attached hydrogen (secondary N) is 1. The van der Waals surface area contributed by atoms with Crippen LogP contribution in [-0.2, 0) is 0 Å². The van der Waals surface area contributed by atoms with E-state index in [-0.39, 0.29) is 5.69 Å². The van der Waals surface area contributed by atoms with Gasteiger partial charge in [0.25, 0.3) is 0 Å². The second-order valence-electron chi connectivity index (χ2n) is 3.95. The Labute approximate surface area is 98.5 Å². The summed E-state index contributed by atoms with van der Waals surface area (Å²) in [6.45, 7) is 0.851. The van der Waals surface area contributed by atoms with Crippen molar-refractivity contribution in [1.82, 2.24) is 4.98 Å². The standard InChI is InChI=1S/C11H14N2O2S/c1-16-11(5-6-11)7-12-9-4-2-3-8(13-9)10(14)15/h2-4H,5-7H2,1H3,(H,12,13)(H,14,15). The van der Waals surface area contributed by atoms with Crippen molar-refractivity contribution < 1.29 is 9.90 Å². The number of thioether (sulfide) groups is 1. The molecule has 0 spiro atoms. The predicted octanol–water partition coefficient (Wildman–Crippen LogP) is 2.09. The van der Waals surface area contributed by atoms with Gasteiger partial charge in [-0.05, 0) is 31.2 Å². The van der Waals surface area contributed by atoms with Crippen LogP contribution in [0.15, 0.2) is 18.2 Å². The van der Waals surface area contributed by atoms with E-state index in [2.05, 4.69) is 16.6 Å². The molecular formula is C11H14N2O2S. The van der Waals surface area contributed by atoms with Gasteiger partial charge in [0.1, 0.15) is 5.82 Å². The van der Waals surface area contributed by atoms with Crippen LogP contribution in [0.3, 0.4) is 0 Å². The second kappa shape index (κ2) is 4.33. The first-order valence-corrected chi connectivity index (χ1v) is 6.37. The number of pyridine rings is 1. The average molecular weight is 238 g/mol. The van der Waals surface area contributed by atoms with Crippen molar-refractivity contribution in [2.45, 2.75) is 17.6 Å². The van der Waals surface area contributed by atoms with Crippen LogP contribution in [0.2, 0.25) is 0 Å². The summed E-state index contributed by atoms with van der Waals surface area (Å²) in [7, 11) is 0. The van der Waals surface area contributed by atoms with Gasteiger partial charge in [-0.25, -0.2) is 9.78 Å². The van der Waals surface area contributed by atoms with Crippen LogP contribution in [0.4, 0.5) is 5.82 Å². The molecule has 5 heteroatoms. The number of carboxylic acids is 1. The van der Waals surface area contributed by atoms with Crippen molar-refractivity contribution in [3.63, 3.8) is 0 Å². The minimum Gasteiger partial charge on any atom is -0.477 e. The van der Waals surface area contributed by atoms with Crippen LogP contribution in [-0.4, -0.2) is 33.6 Å². The van der Waals surface area contributed by atoms with Crippen LogP contribution in [0.5, 0.6) is 0 Å². The molecule has 0 bridgehead atoms. The lowest BCUT2D eigenvalue weighted by Gasteiger charge is -2.13. The van der Waals surface area contributed by atoms with E-state index >= 15 is 0 Å². The number of hydrogen-bond donors (Lipinski definition) is 2. The molecule has 0 saturated heterocycles. The molecule has 0 unspecified atom stereocenters. The number of carbonyl (C=O) groups is 1. The summed E-state index contributed by atoms with van der Waals surface area (Å²) in [5.41, 5.74) is 0.0824. The third-order valence-corrected chi connectivity index (χ3v) is 4.22. The predicted molar refractivity (Wildman–Crippen MR) is 65.2 cm³/mol. The quantitative estimate of drug-likeness (QED) is 0.822. The summed E-state index contributed by atoms with van der Waals surface area (Å²) >= 11 is 1.86. The molecule has 86 valence electrons. The lowest BCUT2D eigenvalue weighted by molar-refractivity contribution is 0.0690. The van der Waals surface area contributed by atoms with Crippen molar-refractivity contribution in [3.8, 4) is 0 Å². The van der Waals surface area contributed by atoms with Crippen molar-refractivity contribution in [1.29, 1.82) is 0 Å². The van der Waals surface area contributed by atoms with E-state index in [0.29, 0.717) is 10.6 Å². The third-order valence-electron chi connectivity index (χ3n) is 2.80. The Morgan fingerprint density at radius 1 is 1.62 bits per heavy atom. The normalized spacial score (nSPS) is 16.8. The van der Waals surface area contributed by atoms with E-state index < -0.39 is 5.97 Å². The summed E-state index contributed by atoms with van der Waals surface area (Å²) in [5.74, 6) is -0.352. The molecule has 1 heterocycles. The molecule has 1 aliphatic carbocycles. The van der Waals surface area contributed by atoms with Crippen molar-refractivity contribution in [3.05, 3.63) is 23.9 Å². The topological polar surface area (TPSA) is 62.2 Å². The molecule has 0 aromatic carbocycles. The van der Waals surface area contributed by atoms with Gasteiger partial charge in [-0.15, -0.1) is 0 Å². The molecule has 1 aromatic rings. The second-order valence-corrected chi connectivity index (χ2v) is 5.23. The van der Waals surface area contributed by atoms with Crippen molar-refractivity contribution in [2.24, 2.45) is 0 Å². The summed E-state index contributed by atoms with van der Waals surface area (Å²) < 4.78 is 0.348.